The second-order valence-electron chi connectivity index (χ2n) is 8.06. The van der Waals surface area contributed by atoms with E-state index in [9.17, 15) is 9.59 Å². The highest BCUT2D eigenvalue weighted by Gasteiger charge is 2.24. The molecule has 1 aliphatic heterocycles. The summed E-state index contributed by atoms with van der Waals surface area (Å²) in [6.07, 6.45) is 0.834. The van der Waals surface area contributed by atoms with E-state index < -0.39 is 0 Å². The second kappa shape index (κ2) is 9.31. The van der Waals surface area contributed by atoms with Crippen LogP contribution in [0.2, 0.25) is 0 Å². The highest BCUT2D eigenvalue weighted by atomic mass is 16.5. The molecule has 0 spiro atoms. The number of quaternary nitrogens is 1. The van der Waals surface area contributed by atoms with Crippen molar-refractivity contribution in [3.63, 3.8) is 0 Å². The predicted molar refractivity (Wildman–Crippen MR) is 119 cm³/mol. The maximum absolute atomic E-state index is 12.8. The Balaban J connectivity index is 1.31. The molecule has 2 heterocycles. The quantitative estimate of drug-likeness (QED) is 0.639. The van der Waals surface area contributed by atoms with Gasteiger partial charge in [0.05, 0.1) is 44.2 Å². The fourth-order valence-electron chi connectivity index (χ4n) is 4.15. The SMILES string of the molecule is COc1ccc(C[NH+]2CCN(C(=O)CCc3nc4ccccc4c(=O)n3C)CC2)cc1. The maximum atomic E-state index is 12.8. The topological polar surface area (TPSA) is 68.9 Å². The Hall–Kier alpha value is -3.19. The van der Waals surface area contributed by atoms with Crippen LogP contribution < -0.4 is 15.2 Å². The van der Waals surface area contributed by atoms with Crippen LogP contribution in [0.4, 0.5) is 0 Å². The average Bonchev–Trinajstić information content (AvgIpc) is 2.81. The molecule has 0 radical (unpaired) electrons. The van der Waals surface area contributed by atoms with E-state index in [2.05, 4.69) is 17.1 Å². The zero-order valence-corrected chi connectivity index (χ0v) is 18.1. The number of nitrogens with zero attached hydrogens (tertiary/aromatic N) is 3. The van der Waals surface area contributed by atoms with Gasteiger partial charge in [0.25, 0.3) is 5.56 Å². The Kier molecular flexibility index (Phi) is 6.32. The first kappa shape index (κ1) is 21.1. The number of amides is 1. The highest BCUT2D eigenvalue weighted by molar-refractivity contribution is 5.78. The fourth-order valence-corrected chi connectivity index (χ4v) is 4.15. The van der Waals surface area contributed by atoms with Crippen LogP contribution in [0.5, 0.6) is 5.75 Å². The lowest BCUT2D eigenvalue weighted by Crippen LogP contribution is -3.13. The van der Waals surface area contributed by atoms with Crippen molar-refractivity contribution in [3.05, 3.63) is 70.3 Å². The minimum atomic E-state index is -0.0659. The molecule has 1 saturated heterocycles. The third kappa shape index (κ3) is 4.77. The third-order valence-electron chi connectivity index (χ3n) is 6.07. The Labute approximate surface area is 181 Å². The summed E-state index contributed by atoms with van der Waals surface area (Å²) < 4.78 is 6.78. The van der Waals surface area contributed by atoms with Gasteiger partial charge in [0.15, 0.2) is 0 Å². The van der Waals surface area contributed by atoms with Crippen molar-refractivity contribution in [2.24, 2.45) is 7.05 Å². The van der Waals surface area contributed by atoms with Crippen LogP contribution in [-0.2, 0) is 24.8 Å². The Morgan fingerprint density at radius 1 is 1.10 bits per heavy atom. The number of carbonyl (C=O) groups excluding carboxylic acids is 1. The summed E-state index contributed by atoms with van der Waals surface area (Å²) in [5, 5.41) is 0.607. The van der Waals surface area contributed by atoms with Crippen LogP contribution in [0.15, 0.2) is 53.3 Å². The summed E-state index contributed by atoms with van der Waals surface area (Å²) >= 11 is 0. The molecule has 1 aromatic heterocycles. The molecule has 7 nitrogen and oxygen atoms in total. The highest BCUT2D eigenvalue weighted by Crippen LogP contribution is 2.11. The number of aromatic nitrogens is 2. The minimum Gasteiger partial charge on any atom is -0.497 e. The number of nitrogens with one attached hydrogen (secondary N) is 1. The zero-order chi connectivity index (χ0) is 21.8. The number of benzene rings is 2. The van der Waals surface area contributed by atoms with Crippen molar-refractivity contribution >= 4 is 16.8 Å². The molecule has 3 aromatic rings. The zero-order valence-electron chi connectivity index (χ0n) is 18.1. The number of ether oxygens (including phenoxy) is 1. The lowest BCUT2D eigenvalue weighted by Gasteiger charge is -2.32. The smallest absolute Gasteiger partial charge is 0.261 e. The van der Waals surface area contributed by atoms with Gasteiger partial charge in [0, 0.05) is 25.5 Å². The van der Waals surface area contributed by atoms with E-state index in [0.29, 0.717) is 29.6 Å². The van der Waals surface area contributed by atoms with Gasteiger partial charge in [-0.25, -0.2) is 4.98 Å². The number of carbonyl (C=O) groups is 1. The van der Waals surface area contributed by atoms with E-state index in [0.717, 1.165) is 38.5 Å². The monoisotopic (exact) mass is 421 g/mol. The molecule has 0 bridgehead atoms. The van der Waals surface area contributed by atoms with Gasteiger partial charge >= 0.3 is 0 Å². The van der Waals surface area contributed by atoms with Crippen molar-refractivity contribution < 1.29 is 14.4 Å². The molecule has 1 N–H and O–H groups in total. The molecule has 162 valence electrons. The summed E-state index contributed by atoms with van der Waals surface area (Å²) in [6, 6.07) is 15.5. The third-order valence-corrected chi connectivity index (χ3v) is 6.07. The number of fused-ring (bicyclic) bond motifs is 1. The second-order valence-corrected chi connectivity index (χ2v) is 8.06. The van der Waals surface area contributed by atoms with Crippen molar-refractivity contribution in [1.29, 1.82) is 0 Å². The van der Waals surface area contributed by atoms with Crippen molar-refractivity contribution in [2.75, 3.05) is 33.3 Å². The molecule has 1 amide bonds. The average molecular weight is 422 g/mol. The van der Waals surface area contributed by atoms with Crippen LogP contribution >= 0.6 is 0 Å². The molecule has 7 heteroatoms. The molecular weight excluding hydrogens is 392 g/mol. The van der Waals surface area contributed by atoms with E-state index in [1.54, 1.807) is 24.8 Å². The number of hydrogen-bond donors (Lipinski definition) is 1. The molecule has 31 heavy (non-hydrogen) atoms. The molecule has 0 unspecified atom stereocenters. The van der Waals surface area contributed by atoms with E-state index in [1.807, 2.05) is 35.2 Å². The number of aryl methyl sites for hydroxylation is 1. The Morgan fingerprint density at radius 3 is 2.52 bits per heavy atom. The van der Waals surface area contributed by atoms with Gasteiger partial charge in [-0.15, -0.1) is 0 Å². The van der Waals surface area contributed by atoms with E-state index >= 15 is 0 Å². The molecular formula is C24H29N4O3+. The Morgan fingerprint density at radius 2 is 1.81 bits per heavy atom. The summed E-state index contributed by atoms with van der Waals surface area (Å²) in [7, 11) is 3.40. The summed E-state index contributed by atoms with van der Waals surface area (Å²) in [6.45, 7) is 4.34. The van der Waals surface area contributed by atoms with Crippen LogP contribution in [0, 0.1) is 0 Å². The number of rotatable bonds is 6. The van der Waals surface area contributed by atoms with E-state index in [4.69, 9.17) is 4.74 Å². The van der Waals surface area contributed by atoms with Crippen molar-refractivity contribution in [2.45, 2.75) is 19.4 Å². The predicted octanol–water partition coefficient (Wildman–Crippen LogP) is 0.802. The van der Waals surface area contributed by atoms with Gasteiger partial charge in [-0.05, 0) is 36.4 Å². The Bertz CT molecular complexity index is 1120. The molecule has 2 aromatic carbocycles. The van der Waals surface area contributed by atoms with Crippen LogP contribution in [0.25, 0.3) is 10.9 Å². The van der Waals surface area contributed by atoms with Crippen LogP contribution in [0.3, 0.4) is 0 Å². The molecule has 0 atom stereocenters. The summed E-state index contributed by atoms with van der Waals surface area (Å²) in [5.41, 5.74) is 1.89. The van der Waals surface area contributed by atoms with Gasteiger partial charge in [0.1, 0.15) is 18.1 Å². The summed E-state index contributed by atoms with van der Waals surface area (Å²) in [4.78, 5) is 33.3. The van der Waals surface area contributed by atoms with Gasteiger partial charge < -0.3 is 14.5 Å². The van der Waals surface area contributed by atoms with Crippen LogP contribution in [-0.4, -0.2) is 53.6 Å². The number of methoxy groups -OCH3 is 1. The largest absolute Gasteiger partial charge is 0.497 e. The number of hydrogen-bond acceptors (Lipinski definition) is 4. The molecule has 0 saturated carbocycles. The first-order valence-corrected chi connectivity index (χ1v) is 10.7. The van der Waals surface area contributed by atoms with Crippen LogP contribution in [0.1, 0.15) is 17.8 Å². The van der Waals surface area contributed by atoms with Gasteiger partial charge in [-0.1, -0.05) is 12.1 Å². The van der Waals surface area contributed by atoms with Gasteiger partial charge in [0.2, 0.25) is 5.91 Å². The number of para-hydroxylation sites is 1. The van der Waals surface area contributed by atoms with Crippen molar-refractivity contribution in [3.8, 4) is 5.75 Å². The maximum Gasteiger partial charge on any atom is 0.261 e. The van der Waals surface area contributed by atoms with Gasteiger partial charge in [-0.2, -0.15) is 0 Å². The summed E-state index contributed by atoms with van der Waals surface area (Å²) in [5.74, 6) is 1.65. The lowest BCUT2D eigenvalue weighted by molar-refractivity contribution is -0.917. The standard InChI is InChI=1S/C24H28N4O3/c1-26-22(25-21-6-4-3-5-20(21)24(26)30)11-12-23(29)28-15-13-27(14-16-28)17-18-7-9-19(31-2)10-8-18/h3-10H,11-17H2,1-2H3/p+1. The van der Waals surface area contributed by atoms with Crippen molar-refractivity contribution in [1.82, 2.24) is 14.5 Å². The lowest BCUT2D eigenvalue weighted by atomic mass is 10.1. The molecule has 1 aliphatic rings. The first-order chi connectivity index (χ1) is 15.0. The van der Waals surface area contributed by atoms with Gasteiger partial charge in [-0.3, -0.25) is 14.2 Å². The number of piperazine rings is 1. The fraction of sp³-hybridized carbons (Fsp3) is 0.375. The normalized spacial score (nSPS) is 14.7. The molecule has 1 fully saturated rings. The minimum absolute atomic E-state index is 0.0659. The van der Waals surface area contributed by atoms with E-state index in [1.165, 1.54) is 10.5 Å². The van der Waals surface area contributed by atoms with E-state index in [-0.39, 0.29) is 11.5 Å². The molecule has 4 rings (SSSR count). The molecule has 0 aliphatic carbocycles. The first-order valence-electron chi connectivity index (χ1n) is 10.7.